The van der Waals surface area contributed by atoms with E-state index in [1.54, 1.807) is 24.3 Å². The Bertz CT molecular complexity index is 462. The predicted octanol–water partition coefficient (Wildman–Crippen LogP) is -0.702. The van der Waals surface area contributed by atoms with Gasteiger partial charge in [-0.3, -0.25) is 0 Å². The Hall–Kier alpha value is -2.29. The molecule has 0 aliphatic heterocycles. The quantitative estimate of drug-likeness (QED) is 0.628. The number of carboxylic acids is 2. The molecule has 2 aromatic rings. The Morgan fingerprint density at radius 3 is 1.37 bits per heavy atom. The smallest absolute Gasteiger partial charge is 0.544 e. The SMILES string of the molecule is O=C([O-])c1c#cccc1.O=C([O-])c1c#cccc1.[Pt+2]. The summed E-state index contributed by atoms with van der Waals surface area (Å²) in [5.41, 5.74) is 0.0787. The normalized spacial score (nSPS) is 7.58. The van der Waals surface area contributed by atoms with Crippen LogP contribution in [0.25, 0.3) is 0 Å². The minimum absolute atomic E-state index is 0. The van der Waals surface area contributed by atoms with Gasteiger partial charge in [0.15, 0.2) is 0 Å². The second-order valence-electron chi connectivity index (χ2n) is 2.99. The zero-order chi connectivity index (χ0) is 13.4. The maximum atomic E-state index is 10.0. The first-order valence-corrected chi connectivity index (χ1v) is 4.80. The first-order valence-electron chi connectivity index (χ1n) is 4.80. The van der Waals surface area contributed by atoms with Crippen LogP contribution in [0.1, 0.15) is 20.7 Å². The standard InChI is InChI=1S/2C7H4O2.Pt/c2*8-7(9)6-4-2-1-3-5-6;/h2*1-2,4H,(H,8,9);/q;;+2/p-2. The van der Waals surface area contributed by atoms with Crippen LogP contribution in [-0.4, -0.2) is 11.9 Å². The van der Waals surface area contributed by atoms with Crippen molar-refractivity contribution in [2.75, 3.05) is 0 Å². The molecule has 0 heterocycles. The largest absolute Gasteiger partial charge is 2.00 e. The van der Waals surface area contributed by atoms with Gasteiger partial charge in [0.2, 0.25) is 0 Å². The molecule has 96 valence electrons. The summed E-state index contributed by atoms with van der Waals surface area (Å²) in [6, 6.07) is 18.9. The molecule has 19 heavy (non-hydrogen) atoms. The molecule has 0 aliphatic carbocycles. The third kappa shape index (κ3) is 6.26. The number of carbonyl (C=O) groups excluding carboxylic acids is 2. The molecule has 0 saturated heterocycles. The molecule has 0 saturated carbocycles. The average Bonchev–Trinajstić information content (AvgIpc) is 2.41. The van der Waals surface area contributed by atoms with Gasteiger partial charge in [-0.05, 0) is 24.3 Å². The number of carboxylic acid groups (broad SMARTS) is 2. The molecule has 0 spiro atoms. The molecule has 0 fully saturated rings. The second-order valence-corrected chi connectivity index (χ2v) is 2.99. The van der Waals surface area contributed by atoms with Crippen LogP contribution in [0.5, 0.6) is 0 Å². The van der Waals surface area contributed by atoms with E-state index < -0.39 is 11.9 Å². The minimum atomic E-state index is -1.22. The summed E-state index contributed by atoms with van der Waals surface area (Å²) in [5.74, 6) is -2.43. The van der Waals surface area contributed by atoms with Gasteiger partial charge < -0.3 is 19.8 Å². The van der Waals surface area contributed by atoms with Crippen LogP contribution in [0.3, 0.4) is 0 Å². The van der Waals surface area contributed by atoms with Gasteiger partial charge in [-0.15, -0.1) is 0 Å². The molecule has 0 radical (unpaired) electrons. The maximum Gasteiger partial charge on any atom is 2.00 e. The number of carbonyl (C=O) groups is 2. The molecule has 0 amide bonds. The molecule has 0 aliphatic rings. The zero-order valence-electron chi connectivity index (χ0n) is 9.41. The van der Waals surface area contributed by atoms with E-state index in [4.69, 9.17) is 0 Å². The van der Waals surface area contributed by atoms with Crippen molar-refractivity contribution < 1.29 is 40.9 Å². The Morgan fingerprint density at radius 2 is 1.21 bits per heavy atom. The molecule has 2 aromatic carbocycles. The van der Waals surface area contributed by atoms with Crippen LogP contribution in [0.2, 0.25) is 0 Å². The van der Waals surface area contributed by atoms with E-state index in [0.29, 0.717) is 0 Å². The molecule has 0 N–H and O–H groups in total. The van der Waals surface area contributed by atoms with E-state index in [1.807, 2.05) is 0 Å². The number of rotatable bonds is 2. The van der Waals surface area contributed by atoms with Crippen molar-refractivity contribution in [3.05, 3.63) is 71.8 Å². The van der Waals surface area contributed by atoms with Crippen molar-refractivity contribution in [3.8, 4) is 0 Å². The number of hydrogen-bond donors (Lipinski definition) is 0. The summed E-state index contributed by atoms with van der Waals surface area (Å²) in [4.78, 5) is 20.1. The van der Waals surface area contributed by atoms with E-state index in [9.17, 15) is 19.8 Å². The fourth-order valence-corrected chi connectivity index (χ4v) is 0.945. The van der Waals surface area contributed by atoms with E-state index in [-0.39, 0.29) is 32.2 Å². The molecule has 0 atom stereocenters. The Morgan fingerprint density at radius 1 is 0.842 bits per heavy atom. The molecule has 0 bridgehead atoms. The van der Waals surface area contributed by atoms with Crippen molar-refractivity contribution in [2.45, 2.75) is 0 Å². The molecule has 2 rings (SSSR count). The van der Waals surface area contributed by atoms with E-state index in [1.165, 1.54) is 12.1 Å². The van der Waals surface area contributed by atoms with Crippen LogP contribution in [0, 0.1) is 24.3 Å². The van der Waals surface area contributed by atoms with Crippen LogP contribution in [0.15, 0.2) is 36.4 Å². The summed E-state index contributed by atoms with van der Waals surface area (Å²) >= 11 is 0. The van der Waals surface area contributed by atoms with Gasteiger partial charge in [0.05, 0.1) is 11.9 Å². The van der Waals surface area contributed by atoms with Gasteiger partial charge >= 0.3 is 21.1 Å². The molecule has 0 aromatic heterocycles. The summed E-state index contributed by atoms with van der Waals surface area (Å²) in [6.07, 6.45) is 0. The van der Waals surface area contributed by atoms with Gasteiger partial charge in [-0.1, -0.05) is 36.4 Å². The van der Waals surface area contributed by atoms with Crippen LogP contribution >= 0.6 is 0 Å². The van der Waals surface area contributed by atoms with Gasteiger partial charge in [-0.2, -0.15) is 0 Å². The van der Waals surface area contributed by atoms with Crippen LogP contribution in [-0.2, 0) is 21.1 Å². The van der Waals surface area contributed by atoms with Gasteiger partial charge in [0.1, 0.15) is 0 Å². The molecular weight excluding hydrogens is 427 g/mol. The molecule has 4 nitrogen and oxygen atoms in total. The van der Waals surface area contributed by atoms with Crippen molar-refractivity contribution in [1.29, 1.82) is 0 Å². The van der Waals surface area contributed by atoms with Crippen molar-refractivity contribution in [3.63, 3.8) is 0 Å². The van der Waals surface area contributed by atoms with Gasteiger partial charge in [-0.25, -0.2) is 0 Å². The van der Waals surface area contributed by atoms with Crippen LogP contribution < -0.4 is 10.2 Å². The van der Waals surface area contributed by atoms with E-state index in [2.05, 4.69) is 24.3 Å². The number of hydrogen-bond acceptors (Lipinski definition) is 4. The predicted molar refractivity (Wildman–Crippen MR) is 56.9 cm³/mol. The molecule has 5 heteroatoms. The van der Waals surface area contributed by atoms with Gasteiger partial charge in [0.25, 0.3) is 0 Å². The summed E-state index contributed by atoms with van der Waals surface area (Å²) in [5, 5.41) is 20.1. The van der Waals surface area contributed by atoms with Crippen molar-refractivity contribution in [2.24, 2.45) is 0 Å². The van der Waals surface area contributed by atoms with E-state index in [0.717, 1.165) is 0 Å². The fraction of sp³-hybridized carbons (Fsp3) is 0. The Kier molecular flexibility index (Phi) is 7.69. The minimum Gasteiger partial charge on any atom is -0.544 e. The summed E-state index contributed by atoms with van der Waals surface area (Å²) in [7, 11) is 0. The first-order chi connectivity index (χ1) is 8.61. The molecule has 0 unspecified atom stereocenters. The Labute approximate surface area is 125 Å². The zero-order valence-corrected chi connectivity index (χ0v) is 11.7. The number of aromatic carboxylic acids is 2. The van der Waals surface area contributed by atoms with Crippen LogP contribution in [0.4, 0.5) is 0 Å². The second kappa shape index (κ2) is 8.75. The van der Waals surface area contributed by atoms with E-state index >= 15 is 0 Å². The first kappa shape index (κ1) is 16.7. The fourth-order valence-electron chi connectivity index (χ4n) is 0.945. The topological polar surface area (TPSA) is 80.3 Å². The third-order valence-corrected chi connectivity index (χ3v) is 1.74. The summed E-state index contributed by atoms with van der Waals surface area (Å²) in [6.45, 7) is 0. The van der Waals surface area contributed by atoms with Crippen molar-refractivity contribution >= 4 is 11.9 Å². The maximum absolute atomic E-state index is 10.0. The summed E-state index contributed by atoms with van der Waals surface area (Å²) < 4.78 is 0. The average molecular weight is 433 g/mol. The monoisotopic (exact) mass is 433 g/mol. The Balaban J connectivity index is 0.000000324. The van der Waals surface area contributed by atoms with Crippen molar-refractivity contribution in [1.82, 2.24) is 0 Å². The van der Waals surface area contributed by atoms with Gasteiger partial charge in [0, 0.05) is 11.1 Å². The third-order valence-electron chi connectivity index (χ3n) is 1.74. The molecular formula is C14H6O4Pt.